The van der Waals surface area contributed by atoms with E-state index < -0.39 is 24.5 Å². The SMILES string of the molecule is O=C(NCC(F)(F)F)c1ccc(-n2nnc(C(=O)NCc3cccc(Oc4ccccn4)c3)c2COCc2ccccc2)cc1. The number of hydrogen-bond acceptors (Lipinski definition) is 7. The minimum Gasteiger partial charge on any atom is -0.439 e. The lowest BCUT2D eigenvalue weighted by Crippen LogP contribution is -2.33. The number of nitrogens with zero attached hydrogens (tertiary/aromatic N) is 4. The average Bonchev–Trinajstić information content (AvgIpc) is 3.47. The van der Waals surface area contributed by atoms with Gasteiger partial charge >= 0.3 is 6.18 Å². The highest BCUT2D eigenvalue weighted by molar-refractivity contribution is 5.94. The van der Waals surface area contributed by atoms with Gasteiger partial charge in [-0.2, -0.15) is 13.2 Å². The molecule has 10 nitrogen and oxygen atoms in total. The summed E-state index contributed by atoms with van der Waals surface area (Å²) in [6.07, 6.45) is -2.91. The molecule has 0 aliphatic heterocycles. The van der Waals surface area contributed by atoms with Crippen LogP contribution >= 0.6 is 0 Å². The van der Waals surface area contributed by atoms with Crippen LogP contribution in [0.1, 0.15) is 37.7 Å². The molecule has 230 valence electrons. The Morgan fingerprint density at radius 1 is 0.800 bits per heavy atom. The Balaban J connectivity index is 1.31. The summed E-state index contributed by atoms with van der Waals surface area (Å²) in [5.74, 6) is -0.389. The third-order valence-electron chi connectivity index (χ3n) is 6.36. The van der Waals surface area contributed by atoms with E-state index >= 15 is 0 Å². The summed E-state index contributed by atoms with van der Waals surface area (Å²) < 4.78 is 50.6. The van der Waals surface area contributed by atoms with Gasteiger partial charge in [-0.3, -0.25) is 9.59 Å². The molecule has 0 saturated heterocycles. The van der Waals surface area contributed by atoms with Crippen molar-refractivity contribution in [2.45, 2.75) is 25.9 Å². The first-order valence-electron chi connectivity index (χ1n) is 13.7. The van der Waals surface area contributed by atoms with Gasteiger partial charge in [0, 0.05) is 24.4 Å². The zero-order valence-electron chi connectivity index (χ0n) is 23.7. The van der Waals surface area contributed by atoms with Crippen molar-refractivity contribution in [1.82, 2.24) is 30.6 Å². The Morgan fingerprint density at radius 2 is 1.56 bits per heavy atom. The second-order valence-corrected chi connectivity index (χ2v) is 9.72. The van der Waals surface area contributed by atoms with Gasteiger partial charge in [-0.15, -0.1) is 5.10 Å². The first-order chi connectivity index (χ1) is 21.7. The predicted octanol–water partition coefficient (Wildman–Crippen LogP) is 5.39. The Bertz CT molecular complexity index is 1730. The topological polar surface area (TPSA) is 120 Å². The van der Waals surface area contributed by atoms with Crippen molar-refractivity contribution in [3.05, 3.63) is 131 Å². The molecule has 2 N–H and O–H groups in total. The minimum atomic E-state index is -4.53. The lowest BCUT2D eigenvalue weighted by Gasteiger charge is -2.11. The van der Waals surface area contributed by atoms with E-state index in [1.165, 1.54) is 28.9 Å². The lowest BCUT2D eigenvalue weighted by atomic mass is 10.2. The van der Waals surface area contributed by atoms with Crippen molar-refractivity contribution in [3.8, 4) is 17.3 Å². The number of rotatable bonds is 12. The lowest BCUT2D eigenvalue weighted by molar-refractivity contribution is -0.123. The third-order valence-corrected chi connectivity index (χ3v) is 6.36. The second kappa shape index (κ2) is 14.3. The molecule has 2 amide bonds. The molecule has 13 heteroatoms. The molecule has 45 heavy (non-hydrogen) atoms. The van der Waals surface area contributed by atoms with E-state index in [1.807, 2.05) is 47.8 Å². The van der Waals surface area contributed by atoms with Crippen molar-refractivity contribution in [3.63, 3.8) is 0 Å². The first-order valence-corrected chi connectivity index (χ1v) is 13.7. The van der Waals surface area contributed by atoms with Crippen molar-refractivity contribution in [2.24, 2.45) is 0 Å². The summed E-state index contributed by atoms with van der Waals surface area (Å²) in [6.45, 7) is -1.06. The molecule has 0 saturated carbocycles. The van der Waals surface area contributed by atoms with Crippen LogP contribution in [0.2, 0.25) is 0 Å². The van der Waals surface area contributed by atoms with Crippen molar-refractivity contribution in [2.75, 3.05) is 6.54 Å². The summed E-state index contributed by atoms with van der Waals surface area (Å²) in [5, 5.41) is 12.9. The average molecular weight is 617 g/mol. The van der Waals surface area contributed by atoms with Gasteiger partial charge in [0.1, 0.15) is 18.0 Å². The number of benzene rings is 3. The van der Waals surface area contributed by atoms with Crippen LogP contribution in [0.3, 0.4) is 0 Å². The Labute approximate surface area is 255 Å². The quantitative estimate of drug-likeness (QED) is 0.193. The number of ether oxygens (including phenoxy) is 2. The van der Waals surface area contributed by atoms with Crippen LogP contribution in [0, 0.1) is 0 Å². The Kier molecular flexibility index (Phi) is 9.80. The van der Waals surface area contributed by atoms with E-state index in [-0.39, 0.29) is 31.0 Å². The van der Waals surface area contributed by atoms with Crippen LogP contribution in [-0.4, -0.2) is 44.5 Å². The minimum absolute atomic E-state index is 0.0240. The summed E-state index contributed by atoms with van der Waals surface area (Å²) in [7, 11) is 0. The van der Waals surface area contributed by atoms with Gasteiger partial charge in [-0.1, -0.05) is 53.7 Å². The molecule has 5 rings (SSSR count). The fourth-order valence-corrected chi connectivity index (χ4v) is 4.20. The van der Waals surface area contributed by atoms with Gasteiger partial charge in [0.15, 0.2) is 5.69 Å². The predicted molar refractivity (Wildman–Crippen MR) is 157 cm³/mol. The highest BCUT2D eigenvalue weighted by atomic mass is 19.4. The molecule has 0 aliphatic rings. The Hall–Kier alpha value is -5.56. The van der Waals surface area contributed by atoms with Crippen LogP contribution < -0.4 is 15.4 Å². The van der Waals surface area contributed by atoms with E-state index in [0.717, 1.165) is 11.1 Å². The van der Waals surface area contributed by atoms with Crippen LogP contribution in [0.15, 0.2) is 103 Å². The van der Waals surface area contributed by atoms with Gasteiger partial charge in [-0.25, -0.2) is 9.67 Å². The van der Waals surface area contributed by atoms with E-state index in [1.54, 1.807) is 36.5 Å². The number of alkyl halides is 3. The van der Waals surface area contributed by atoms with Gasteiger partial charge in [0.2, 0.25) is 5.88 Å². The first kappa shape index (κ1) is 30.9. The third kappa shape index (κ3) is 8.74. The number of carbonyl (C=O) groups is 2. The summed E-state index contributed by atoms with van der Waals surface area (Å²) in [4.78, 5) is 29.6. The van der Waals surface area contributed by atoms with Crippen molar-refractivity contribution in [1.29, 1.82) is 0 Å². The van der Waals surface area contributed by atoms with E-state index in [4.69, 9.17) is 9.47 Å². The number of nitrogens with one attached hydrogen (secondary N) is 2. The number of hydrogen-bond donors (Lipinski definition) is 2. The molecular formula is C32H27F3N6O4. The fraction of sp³-hybridized carbons (Fsp3) is 0.156. The molecule has 0 atom stereocenters. The van der Waals surface area contributed by atoms with Crippen LogP contribution in [0.25, 0.3) is 5.69 Å². The largest absolute Gasteiger partial charge is 0.439 e. The molecule has 0 unspecified atom stereocenters. The van der Waals surface area contributed by atoms with Crippen molar-refractivity contribution >= 4 is 11.8 Å². The summed E-state index contributed by atoms with van der Waals surface area (Å²) in [5.41, 5.74) is 2.50. The highest BCUT2D eigenvalue weighted by Crippen LogP contribution is 2.21. The zero-order valence-corrected chi connectivity index (χ0v) is 23.7. The van der Waals surface area contributed by atoms with E-state index in [9.17, 15) is 22.8 Å². The molecule has 0 aliphatic carbocycles. The normalized spacial score (nSPS) is 11.2. The monoisotopic (exact) mass is 616 g/mol. The molecule has 0 fully saturated rings. The molecule has 2 aromatic heterocycles. The highest BCUT2D eigenvalue weighted by Gasteiger charge is 2.28. The van der Waals surface area contributed by atoms with Crippen LogP contribution in [0.5, 0.6) is 11.6 Å². The molecule has 3 aromatic carbocycles. The maximum atomic E-state index is 13.3. The second-order valence-electron chi connectivity index (χ2n) is 9.72. The Morgan fingerprint density at radius 3 is 2.29 bits per heavy atom. The maximum absolute atomic E-state index is 13.3. The molecule has 0 bridgehead atoms. The molecule has 0 radical (unpaired) electrons. The molecule has 0 spiro atoms. The number of carbonyl (C=O) groups excluding carboxylic acids is 2. The van der Waals surface area contributed by atoms with Gasteiger partial charge in [0.05, 0.1) is 18.9 Å². The molecule has 2 heterocycles. The zero-order chi connectivity index (χ0) is 31.6. The van der Waals surface area contributed by atoms with Gasteiger partial charge in [0.25, 0.3) is 11.8 Å². The van der Waals surface area contributed by atoms with Crippen LogP contribution in [-0.2, 0) is 24.5 Å². The van der Waals surface area contributed by atoms with Gasteiger partial charge in [-0.05, 0) is 53.6 Å². The van der Waals surface area contributed by atoms with Crippen LogP contribution in [0.4, 0.5) is 13.2 Å². The molecule has 5 aromatic rings. The van der Waals surface area contributed by atoms with E-state index in [0.29, 0.717) is 23.0 Å². The van der Waals surface area contributed by atoms with Gasteiger partial charge < -0.3 is 20.1 Å². The number of aromatic nitrogens is 4. The summed E-state index contributed by atoms with van der Waals surface area (Å²) >= 11 is 0. The summed E-state index contributed by atoms with van der Waals surface area (Å²) in [6, 6.07) is 27.7. The van der Waals surface area contributed by atoms with Crippen molar-refractivity contribution < 1.29 is 32.2 Å². The molecular weight excluding hydrogens is 589 g/mol. The fourth-order valence-electron chi connectivity index (χ4n) is 4.20. The smallest absolute Gasteiger partial charge is 0.405 e. The standard InChI is InChI=1S/C32H27F3N6O4/c33-32(34,35)21-38-30(42)24-12-14-25(15-13-24)41-27(20-44-19-22-7-2-1-3-8-22)29(39-40-41)31(43)37-18-23-9-6-10-26(17-23)45-28-11-4-5-16-36-28/h1-17H,18-21H2,(H,37,43)(H,38,42). The number of amides is 2. The maximum Gasteiger partial charge on any atom is 0.405 e. The number of pyridine rings is 1. The number of halogens is 3. The van der Waals surface area contributed by atoms with E-state index in [2.05, 4.69) is 20.6 Å².